The number of rotatable bonds is 6. The van der Waals surface area contributed by atoms with Crippen LogP contribution in [0.15, 0.2) is 61.4 Å². The molecule has 7 heteroatoms. The maximum absolute atomic E-state index is 4.63. The zero-order valence-electron chi connectivity index (χ0n) is 18.2. The van der Waals surface area contributed by atoms with Crippen LogP contribution in [0.5, 0.6) is 0 Å². The maximum atomic E-state index is 4.63. The summed E-state index contributed by atoms with van der Waals surface area (Å²) in [4.78, 5) is 9.26. The Bertz CT molecular complexity index is 1170. The van der Waals surface area contributed by atoms with E-state index in [0.29, 0.717) is 17.9 Å². The highest BCUT2D eigenvalue weighted by Crippen LogP contribution is 2.30. The Morgan fingerprint density at radius 1 is 0.875 bits per heavy atom. The van der Waals surface area contributed by atoms with E-state index >= 15 is 0 Å². The first-order chi connectivity index (χ1) is 15.7. The van der Waals surface area contributed by atoms with Crippen molar-refractivity contribution in [3.05, 3.63) is 74.9 Å². The first-order valence-corrected chi connectivity index (χ1v) is 11.0. The number of benzene rings is 1. The summed E-state index contributed by atoms with van der Waals surface area (Å²) in [6, 6.07) is 9.22. The van der Waals surface area contributed by atoms with Crippen molar-refractivity contribution in [3.8, 4) is 33.6 Å². The van der Waals surface area contributed by atoms with E-state index in [1.807, 2.05) is 50.2 Å². The summed E-state index contributed by atoms with van der Waals surface area (Å²) < 4.78 is 3.90. The quantitative estimate of drug-likeness (QED) is 0.493. The molecule has 1 aliphatic rings. The maximum Gasteiger partial charge on any atom is 0.159 e. The van der Waals surface area contributed by atoms with Gasteiger partial charge in [-0.15, -0.1) is 0 Å². The lowest BCUT2D eigenvalue weighted by Gasteiger charge is -2.28. The van der Waals surface area contributed by atoms with Crippen LogP contribution in [0.25, 0.3) is 33.6 Å². The van der Waals surface area contributed by atoms with Gasteiger partial charge in [0.05, 0.1) is 18.4 Å². The van der Waals surface area contributed by atoms with Crippen LogP contribution >= 0.6 is 0 Å². The molecule has 0 saturated heterocycles. The molecule has 4 aromatic rings. The Kier molecular flexibility index (Phi) is 5.81. The monoisotopic (exact) mass is 425 g/mol. The van der Waals surface area contributed by atoms with Crippen LogP contribution in [0.3, 0.4) is 0 Å². The van der Waals surface area contributed by atoms with Crippen molar-refractivity contribution in [3.63, 3.8) is 0 Å². The topological polar surface area (TPSA) is 73.5 Å². The molecule has 3 heterocycles. The number of aryl methyl sites for hydroxylation is 1. The number of nitrogens with one attached hydrogen (secondary N) is 1. The molecule has 2 radical (unpaired) electrons. The summed E-state index contributed by atoms with van der Waals surface area (Å²) in [6.45, 7) is 5.57. The minimum atomic E-state index is 0.446. The van der Waals surface area contributed by atoms with Crippen LogP contribution in [0.4, 0.5) is 0 Å². The third-order valence-electron chi connectivity index (χ3n) is 6.17. The molecule has 0 amide bonds. The SMILES string of the molecule is [CH2][CH]N[C@H]1CC[C@H](n2cc(-c3cnc(-c4cccc(-c5cnn(C)c5)c4)nc3)cn2)CC1. The van der Waals surface area contributed by atoms with E-state index in [2.05, 4.69) is 55.4 Å². The number of hydrogen-bond donors (Lipinski definition) is 1. The fourth-order valence-electron chi connectivity index (χ4n) is 4.39. The van der Waals surface area contributed by atoms with Gasteiger partial charge in [0.25, 0.3) is 0 Å². The van der Waals surface area contributed by atoms with Gasteiger partial charge in [0, 0.05) is 66.7 Å². The average molecular weight is 426 g/mol. The standard InChI is InChI=1S/C25H27N7/c1-3-26-23-7-9-24(10-8-23)32-17-22(15-30-32)20-12-27-25(28-13-20)19-6-4-5-18(11-19)21-14-29-31(2)16-21/h3-6,11-17,23-24,26H,1,7-10H2,2H3/t23-,24-. The highest BCUT2D eigenvalue weighted by atomic mass is 15.3. The van der Waals surface area contributed by atoms with Crippen molar-refractivity contribution >= 4 is 0 Å². The number of nitrogens with zero attached hydrogens (tertiary/aromatic N) is 6. The van der Waals surface area contributed by atoms with Crippen LogP contribution in [-0.4, -0.2) is 35.6 Å². The summed E-state index contributed by atoms with van der Waals surface area (Å²) in [5.74, 6) is 0.708. The van der Waals surface area contributed by atoms with Gasteiger partial charge in [0.2, 0.25) is 0 Å². The van der Waals surface area contributed by atoms with Crippen molar-refractivity contribution in [2.75, 3.05) is 0 Å². The van der Waals surface area contributed by atoms with Crippen LogP contribution in [0, 0.1) is 13.5 Å². The third-order valence-corrected chi connectivity index (χ3v) is 6.17. The van der Waals surface area contributed by atoms with Gasteiger partial charge < -0.3 is 5.32 Å². The molecule has 1 saturated carbocycles. The Hall–Kier alpha value is -3.32. The van der Waals surface area contributed by atoms with E-state index in [1.165, 1.54) is 0 Å². The molecule has 3 aromatic heterocycles. The molecule has 0 bridgehead atoms. The number of hydrogen-bond acceptors (Lipinski definition) is 5. The van der Waals surface area contributed by atoms with Crippen LogP contribution in [-0.2, 0) is 7.05 Å². The predicted molar refractivity (Wildman–Crippen MR) is 125 cm³/mol. The van der Waals surface area contributed by atoms with Gasteiger partial charge in [-0.25, -0.2) is 9.97 Å². The fourth-order valence-corrected chi connectivity index (χ4v) is 4.39. The van der Waals surface area contributed by atoms with Crippen molar-refractivity contribution in [2.24, 2.45) is 7.05 Å². The molecule has 5 rings (SSSR count). The molecule has 1 aliphatic carbocycles. The Morgan fingerprint density at radius 3 is 2.31 bits per heavy atom. The van der Waals surface area contributed by atoms with Crippen molar-refractivity contribution in [2.45, 2.75) is 37.8 Å². The summed E-state index contributed by atoms with van der Waals surface area (Å²) in [5.41, 5.74) is 5.19. The normalized spacial score (nSPS) is 18.7. The van der Waals surface area contributed by atoms with Crippen molar-refractivity contribution in [1.29, 1.82) is 0 Å². The Balaban J connectivity index is 1.30. The number of aromatic nitrogens is 6. The van der Waals surface area contributed by atoms with Crippen molar-refractivity contribution in [1.82, 2.24) is 34.8 Å². The zero-order chi connectivity index (χ0) is 21.9. The second-order valence-electron chi connectivity index (χ2n) is 8.36. The largest absolute Gasteiger partial charge is 0.310 e. The van der Waals surface area contributed by atoms with Crippen LogP contribution in [0.2, 0.25) is 0 Å². The molecule has 32 heavy (non-hydrogen) atoms. The second-order valence-corrected chi connectivity index (χ2v) is 8.36. The van der Waals surface area contributed by atoms with E-state index < -0.39 is 0 Å². The van der Waals surface area contributed by atoms with Gasteiger partial charge in [-0.3, -0.25) is 9.36 Å². The van der Waals surface area contributed by atoms with Gasteiger partial charge in [0.15, 0.2) is 5.82 Å². The van der Waals surface area contributed by atoms with E-state index in [9.17, 15) is 0 Å². The highest BCUT2D eigenvalue weighted by molar-refractivity contribution is 5.70. The third kappa shape index (κ3) is 4.34. The molecule has 0 atom stereocenters. The lowest BCUT2D eigenvalue weighted by atomic mass is 9.91. The lowest BCUT2D eigenvalue weighted by Crippen LogP contribution is -2.31. The minimum absolute atomic E-state index is 0.446. The summed E-state index contributed by atoms with van der Waals surface area (Å²) in [6.07, 6.45) is 16.2. The molecule has 1 aromatic carbocycles. The molecule has 7 nitrogen and oxygen atoms in total. The van der Waals surface area contributed by atoms with E-state index in [4.69, 9.17) is 0 Å². The Morgan fingerprint density at radius 2 is 1.59 bits per heavy atom. The Labute approximate surface area is 188 Å². The van der Waals surface area contributed by atoms with E-state index in [-0.39, 0.29) is 0 Å². The van der Waals surface area contributed by atoms with E-state index in [1.54, 1.807) is 11.2 Å². The molecule has 162 valence electrons. The zero-order valence-corrected chi connectivity index (χ0v) is 18.2. The lowest BCUT2D eigenvalue weighted by molar-refractivity contribution is 0.286. The van der Waals surface area contributed by atoms with Crippen molar-refractivity contribution < 1.29 is 0 Å². The second kappa shape index (κ2) is 9.04. The average Bonchev–Trinajstić information content (AvgIpc) is 3.50. The molecule has 1 N–H and O–H groups in total. The van der Waals surface area contributed by atoms with E-state index in [0.717, 1.165) is 53.5 Å². The molecular weight excluding hydrogens is 398 g/mol. The summed E-state index contributed by atoms with van der Waals surface area (Å²) >= 11 is 0. The minimum Gasteiger partial charge on any atom is -0.310 e. The smallest absolute Gasteiger partial charge is 0.159 e. The van der Waals surface area contributed by atoms with Gasteiger partial charge in [-0.2, -0.15) is 10.2 Å². The first kappa shape index (κ1) is 20.6. The summed E-state index contributed by atoms with van der Waals surface area (Å²) in [5, 5.41) is 12.2. The molecule has 0 aliphatic heterocycles. The first-order valence-electron chi connectivity index (χ1n) is 11.0. The summed E-state index contributed by atoms with van der Waals surface area (Å²) in [7, 11) is 1.92. The van der Waals surface area contributed by atoms with Gasteiger partial charge >= 0.3 is 0 Å². The van der Waals surface area contributed by atoms with Crippen LogP contribution < -0.4 is 5.32 Å². The predicted octanol–water partition coefficient (Wildman–Crippen LogP) is 4.48. The molecule has 0 spiro atoms. The molecular formula is C25H27N7. The molecule has 0 unspecified atom stereocenters. The molecule has 1 fully saturated rings. The van der Waals surface area contributed by atoms with Crippen LogP contribution in [0.1, 0.15) is 31.7 Å². The van der Waals surface area contributed by atoms with Gasteiger partial charge in [-0.1, -0.05) is 18.2 Å². The van der Waals surface area contributed by atoms with Gasteiger partial charge in [-0.05, 0) is 44.2 Å². The fraction of sp³-hybridized carbons (Fsp3) is 0.280. The van der Waals surface area contributed by atoms with Gasteiger partial charge in [0.1, 0.15) is 0 Å². The highest BCUT2D eigenvalue weighted by Gasteiger charge is 2.22.